The molecule has 0 heterocycles. The summed E-state index contributed by atoms with van der Waals surface area (Å²) in [5.74, 6) is -0.202. The summed E-state index contributed by atoms with van der Waals surface area (Å²) in [5.41, 5.74) is 13.0. The van der Waals surface area contributed by atoms with E-state index in [0.29, 0.717) is 40.3 Å². The second kappa shape index (κ2) is 13.7. The topological polar surface area (TPSA) is 133 Å². The average molecular weight is 505 g/mol. The Morgan fingerprint density at radius 1 is 0.711 bits per heavy atom. The third-order valence-electron chi connectivity index (χ3n) is 5.16. The maximum atomic E-state index is 12.4. The Morgan fingerprint density at radius 3 is 1.47 bits per heavy atom. The maximum Gasteiger partial charge on any atom is 0.343 e. The van der Waals surface area contributed by atoms with Crippen LogP contribution in [0.3, 0.4) is 0 Å². The summed E-state index contributed by atoms with van der Waals surface area (Å²) in [6.45, 7) is 7.21. The molecule has 4 rings (SSSR count). The van der Waals surface area contributed by atoms with Crippen molar-refractivity contribution >= 4 is 17.6 Å². The standard InChI is InChI=1S/C29H18N2O4.CH6N2/c1-31-25-12-16-27(17-13-25)35-29(33)24-10-4-21(5-11-24)18-20-2-8-23(9-3-20)28(32)34-26-14-6-22(19-30)7-15-26;2-1-3/h2-17H,18H2;1-3H2. The van der Waals surface area contributed by atoms with Gasteiger partial charge in [0.1, 0.15) is 11.5 Å². The van der Waals surface area contributed by atoms with Crippen LogP contribution >= 0.6 is 0 Å². The third kappa shape index (κ3) is 7.87. The van der Waals surface area contributed by atoms with Crippen LogP contribution in [0.4, 0.5) is 5.69 Å². The monoisotopic (exact) mass is 504 g/mol. The van der Waals surface area contributed by atoms with Gasteiger partial charge in [0, 0.05) is 6.67 Å². The van der Waals surface area contributed by atoms with E-state index in [0.717, 1.165) is 11.1 Å². The number of nitrogens with zero attached hydrogens (tertiary/aromatic N) is 2. The molecule has 0 atom stereocenters. The average Bonchev–Trinajstić information content (AvgIpc) is 2.95. The van der Waals surface area contributed by atoms with Crippen molar-refractivity contribution in [2.24, 2.45) is 11.5 Å². The summed E-state index contributed by atoms with van der Waals surface area (Å²) >= 11 is 0. The zero-order chi connectivity index (χ0) is 27.3. The minimum atomic E-state index is -0.479. The van der Waals surface area contributed by atoms with E-state index in [1.54, 1.807) is 72.8 Å². The van der Waals surface area contributed by atoms with Crippen molar-refractivity contribution in [3.05, 3.63) is 136 Å². The summed E-state index contributed by atoms with van der Waals surface area (Å²) in [5, 5.41) is 8.84. The van der Waals surface area contributed by atoms with Gasteiger partial charge in [-0.05, 0) is 78.2 Å². The largest absolute Gasteiger partial charge is 0.423 e. The Morgan fingerprint density at radius 2 is 1.11 bits per heavy atom. The first-order chi connectivity index (χ1) is 18.4. The van der Waals surface area contributed by atoms with Crippen molar-refractivity contribution in [1.82, 2.24) is 0 Å². The first kappa shape index (κ1) is 27.3. The number of nitrogens with two attached hydrogens (primary N) is 2. The van der Waals surface area contributed by atoms with Crippen molar-refractivity contribution in [3.63, 3.8) is 0 Å². The van der Waals surface area contributed by atoms with Gasteiger partial charge in [0.15, 0.2) is 5.69 Å². The quantitative estimate of drug-likeness (QED) is 0.163. The fourth-order valence-corrected chi connectivity index (χ4v) is 3.27. The highest BCUT2D eigenvalue weighted by Crippen LogP contribution is 2.20. The number of ether oxygens (including phenoxy) is 2. The van der Waals surface area contributed by atoms with Crippen molar-refractivity contribution < 1.29 is 19.1 Å². The number of carbonyl (C=O) groups is 2. The highest BCUT2D eigenvalue weighted by molar-refractivity contribution is 5.91. The highest BCUT2D eigenvalue weighted by Gasteiger charge is 2.11. The predicted octanol–water partition coefficient (Wildman–Crippen LogP) is 5.00. The fraction of sp³-hybridized carbons (Fsp3) is 0.0667. The molecule has 4 N–H and O–H groups in total. The molecule has 8 heteroatoms. The lowest BCUT2D eigenvalue weighted by Crippen LogP contribution is -2.08. The Labute approximate surface area is 220 Å². The number of esters is 2. The van der Waals surface area contributed by atoms with E-state index >= 15 is 0 Å². The highest BCUT2D eigenvalue weighted by atomic mass is 16.5. The van der Waals surface area contributed by atoms with E-state index in [1.807, 2.05) is 30.3 Å². The van der Waals surface area contributed by atoms with E-state index in [1.165, 1.54) is 0 Å². The molecular weight excluding hydrogens is 480 g/mol. The van der Waals surface area contributed by atoms with Crippen molar-refractivity contribution in [3.8, 4) is 17.6 Å². The number of hydrogen-bond donors (Lipinski definition) is 2. The van der Waals surface area contributed by atoms with Gasteiger partial charge in [-0.1, -0.05) is 36.4 Å². The van der Waals surface area contributed by atoms with Crippen LogP contribution in [0.1, 0.15) is 37.4 Å². The lowest BCUT2D eigenvalue weighted by Gasteiger charge is -2.07. The molecule has 0 saturated heterocycles. The Hall–Kier alpha value is -5.28. The second-order valence-corrected chi connectivity index (χ2v) is 7.83. The van der Waals surface area contributed by atoms with E-state index in [4.69, 9.17) is 21.3 Å². The maximum absolute atomic E-state index is 12.4. The van der Waals surface area contributed by atoms with Gasteiger partial charge in [-0.3, -0.25) is 0 Å². The lowest BCUT2D eigenvalue weighted by atomic mass is 10.0. The minimum absolute atomic E-state index is 0.250. The number of rotatable bonds is 6. The molecule has 0 aliphatic carbocycles. The molecule has 0 aliphatic rings. The Balaban J connectivity index is 0.00000127. The molecule has 0 spiro atoms. The zero-order valence-electron chi connectivity index (χ0n) is 20.3. The number of carbonyl (C=O) groups excluding carboxylic acids is 2. The lowest BCUT2D eigenvalue weighted by molar-refractivity contribution is 0.0725. The molecule has 0 amide bonds. The minimum Gasteiger partial charge on any atom is -0.423 e. The van der Waals surface area contributed by atoms with Crippen LogP contribution in [0.5, 0.6) is 11.5 Å². The zero-order valence-corrected chi connectivity index (χ0v) is 20.3. The Bertz CT molecular complexity index is 1340. The molecule has 0 radical (unpaired) electrons. The molecule has 8 nitrogen and oxygen atoms in total. The molecule has 0 bridgehead atoms. The molecule has 0 saturated carbocycles. The van der Waals surface area contributed by atoms with E-state index in [-0.39, 0.29) is 6.67 Å². The van der Waals surface area contributed by atoms with E-state index in [2.05, 4.69) is 16.3 Å². The van der Waals surface area contributed by atoms with Crippen molar-refractivity contribution in [2.45, 2.75) is 6.42 Å². The van der Waals surface area contributed by atoms with Gasteiger partial charge in [-0.2, -0.15) is 5.26 Å². The number of nitriles is 1. The molecule has 0 aromatic heterocycles. The van der Waals surface area contributed by atoms with Crippen LogP contribution in [0, 0.1) is 17.9 Å². The van der Waals surface area contributed by atoms with Gasteiger partial charge in [0.05, 0.1) is 29.3 Å². The molecule has 4 aromatic carbocycles. The molecule has 38 heavy (non-hydrogen) atoms. The summed E-state index contributed by atoms with van der Waals surface area (Å²) < 4.78 is 10.7. The summed E-state index contributed by atoms with van der Waals surface area (Å²) in [7, 11) is 0. The SMILES string of the molecule is NCN.[C-]#[N+]c1ccc(OC(=O)c2ccc(Cc3ccc(C(=O)Oc4ccc(C#N)cc4)cc3)cc2)cc1. The van der Waals surface area contributed by atoms with Gasteiger partial charge < -0.3 is 20.9 Å². The number of benzene rings is 4. The smallest absolute Gasteiger partial charge is 0.343 e. The normalized spacial score (nSPS) is 9.68. The van der Waals surface area contributed by atoms with E-state index in [9.17, 15) is 9.59 Å². The second-order valence-electron chi connectivity index (χ2n) is 7.83. The van der Waals surface area contributed by atoms with Crippen LogP contribution in [0.25, 0.3) is 4.85 Å². The molecule has 188 valence electrons. The van der Waals surface area contributed by atoms with E-state index < -0.39 is 11.9 Å². The molecular formula is C30H24N4O4. The fourth-order valence-electron chi connectivity index (χ4n) is 3.27. The van der Waals surface area contributed by atoms with Crippen LogP contribution in [0.2, 0.25) is 0 Å². The Kier molecular flexibility index (Phi) is 9.86. The van der Waals surface area contributed by atoms with Gasteiger partial charge in [0.2, 0.25) is 0 Å². The van der Waals surface area contributed by atoms with Crippen molar-refractivity contribution in [2.75, 3.05) is 6.67 Å². The first-order valence-corrected chi connectivity index (χ1v) is 11.5. The molecule has 0 aliphatic heterocycles. The summed E-state index contributed by atoms with van der Waals surface area (Å²) in [6, 6.07) is 28.9. The van der Waals surface area contributed by atoms with Gasteiger partial charge in [-0.15, -0.1) is 0 Å². The number of hydrogen-bond acceptors (Lipinski definition) is 7. The first-order valence-electron chi connectivity index (χ1n) is 11.5. The third-order valence-corrected chi connectivity index (χ3v) is 5.16. The van der Waals surface area contributed by atoms with Gasteiger partial charge >= 0.3 is 11.9 Å². The molecule has 4 aromatic rings. The van der Waals surface area contributed by atoms with Crippen LogP contribution in [0.15, 0.2) is 97.1 Å². The van der Waals surface area contributed by atoms with Gasteiger partial charge in [0.25, 0.3) is 0 Å². The van der Waals surface area contributed by atoms with Crippen LogP contribution in [-0.4, -0.2) is 18.6 Å². The van der Waals surface area contributed by atoms with Crippen LogP contribution < -0.4 is 20.9 Å². The van der Waals surface area contributed by atoms with Crippen molar-refractivity contribution in [1.29, 1.82) is 5.26 Å². The molecule has 0 fully saturated rings. The van der Waals surface area contributed by atoms with Gasteiger partial charge in [-0.25, -0.2) is 14.4 Å². The summed E-state index contributed by atoms with van der Waals surface area (Å²) in [6.07, 6.45) is 0.623. The summed E-state index contributed by atoms with van der Waals surface area (Å²) in [4.78, 5) is 28.0. The van der Waals surface area contributed by atoms with Crippen LogP contribution in [-0.2, 0) is 6.42 Å². The molecule has 0 unspecified atom stereocenters. The predicted molar refractivity (Wildman–Crippen MR) is 143 cm³/mol.